The summed E-state index contributed by atoms with van der Waals surface area (Å²) >= 11 is 0. The molecular weight excluding hydrogens is 326 g/mol. The number of aromatic nitrogens is 1. The highest BCUT2D eigenvalue weighted by Gasteiger charge is 2.34. The zero-order valence-electron chi connectivity index (χ0n) is 15.8. The molecule has 0 radical (unpaired) electrons. The molecule has 0 aromatic carbocycles. The van der Waals surface area contributed by atoms with Gasteiger partial charge in [0.25, 0.3) is 0 Å². The lowest BCUT2D eigenvalue weighted by molar-refractivity contribution is -0.122. The fraction of sp³-hybridized carbons (Fsp3) is 0.700. The third-order valence-corrected chi connectivity index (χ3v) is 6.17. The van der Waals surface area contributed by atoms with Crippen molar-refractivity contribution in [1.29, 1.82) is 0 Å². The van der Waals surface area contributed by atoms with Crippen molar-refractivity contribution in [2.75, 3.05) is 38.1 Å². The van der Waals surface area contributed by atoms with Crippen LogP contribution in [0.3, 0.4) is 0 Å². The highest BCUT2D eigenvalue weighted by molar-refractivity contribution is 5.76. The van der Waals surface area contributed by atoms with Gasteiger partial charge in [-0.3, -0.25) is 4.79 Å². The number of fused-ring (bicyclic) bond motifs is 2. The smallest absolute Gasteiger partial charge is 0.220 e. The molecule has 1 aromatic rings. The predicted molar refractivity (Wildman–Crippen MR) is 103 cm³/mol. The van der Waals surface area contributed by atoms with Crippen LogP contribution in [-0.4, -0.2) is 61.1 Å². The van der Waals surface area contributed by atoms with Crippen molar-refractivity contribution < 1.29 is 4.79 Å². The second-order valence-electron chi connectivity index (χ2n) is 8.27. The van der Waals surface area contributed by atoms with Gasteiger partial charge in [-0.05, 0) is 50.3 Å². The van der Waals surface area contributed by atoms with Crippen LogP contribution in [0.2, 0.25) is 0 Å². The molecule has 1 amide bonds. The van der Waals surface area contributed by atoms with E-state index >= 15 is 0 Å². The average molecular weight is 358 g/mol. The van der Waals surface area contributed by atoms with E-state index in [4.69, 9.17) is 0 Å². The number of hydrogen-bond acceptors (Lipinski definition) is 5. The van der Waals surface area contributed by atoms with E-state index in [2.05, 4.69) is 44.6 Å². The first-order valence-corrected chi connectivity index (χ1v) is 10.1. The largest absolute Gasteiger partial charge is 0.354 e. The van der Waals surface area contributed by atoms with Crippen LogP contribution in [0.4, 0.5) is 5.82 Å². The van der Waals surface area contributed by atoms with Crippen molar-refractivity contribution in [1.82, 2.24) is 20.5 Å². The molecule has 2 N–H and O–H groups in total. The van der Waals surface area contributed by atoms with E-state index in [9.17, 15) is 4.79 Å². The lowest BCUT2D eigenvalue weighted by Crippen LogP contribution is -2.44. The molecule has 0 saturated carbocycles. The van der Waals surface area contributed by atoms with Crippen LogP contribution < -0.4 is 15.5 Å². The predicted octanol–water partition coefficient (Wildman–Crippen LogP) is 1.37. The molecule has 0 spiro atoms. The molecular formula is C20H31N5O. The fourth-order valence-electron chi connectivity index (χ4n) is 4.62. The Labute approximate surface area is 156 Å². The molecule has 2 unspecified atom stereocenters. The van der Waals surface area contributed by atoms with Crippen LogP contribution in [0.15, 0.2) is 18.3 Å². The number of amides is 1. The normalized spacial score (nSPS) is 29.0. The summed E-state index contributed by atoms with van der Waals surface area (Å²) in [6, 6.07) is 5.47. The Hall–Kier alpha value is -1.66. The van der Waals surface area contributed by atoms with Gasteiger partial charge in [0.1, 0.15) is 5.82 Å². The van der Waals surface area contributed by atoms with Gasteiger partial charge in [-0.25, -0.2) is 4.98 Å². The van der Waals surface area contributed by atoms with Gasteiger partial charge < -0.3 is 20.4 Å². The first-order valence-electron chi connectivity index (χ1n) is 10.1. The summed E-state index contributed by atoms with van der Waals surface area (Å²) in [6.07, 6.45) is 7.46. The molecule has 6 nitrogen and oxygen atoms in total. The summed E-state index contributed by atoms with van der Waals surface area (Å²) in [4.78, 5) is 21.6. The number of carbonyl (C=O) groups is 1. The van der Waals surface area contributed by atoms with E-state index in [0.717, 1.165) is 50.4 Å². The number of nitrogens with one attached hydrogen (secondary N) is 2. The number of carbonyl (C=O) groups excluding carboxylic acids is 1. The highest BCUT2D eigenvalue weighted by Crippen LogP contribution is 2.32. The maximum absolute atomic E-state index is 12.3. The molecule has 6 heteroatoms. The second kappa shape index (κ2) is 7.92. The average Bonchev–Trinajstić information content (AvgIpc) is 2.99. The third-order valence-electron chi connectivity index (χ3n) is 6.17. The Kier molecular flexibility index (Phi) is 5.41. The second-order valence-corrected chi connectivity index (χ2v) is 8.27. The zero-order valence-corrected chi connectivity index (χ0v) is 15.8. The number of rotatable bonds is 5. The Balaban J connectivity index is 1.22. The molecule has 3 aliphatic heterocycles. The lowest BCUT2D eigenvalue weighted by Gasteiger charge is -2.33. The lowest BCUT2D eigenvalue weighted by atomic mass is 9.89. The van der Waals surface area contributed by atoms with Gasteiger partial charge in [0.15, 0.2) is 0 Å². The number of piperazine rings is 1. The molecule has 4 heterocycles. The van der Waals surface area contributed by atoms with Crippen LogP contribution in [0, 0.1) is 5.92 Å². The van der Waals surface area contributed by atoms with Crippen molar-refractivity contribution in [2.24, 2.45) is 5.92 Å². The summed E-state index contributed by atoms with van der Waals surface area (Å²) in [6.45, 7) is 4.79. The molecule has 2 bridgehead atoms. The monoisotopic (exact) mass is 357 g/mol. The van der Waals surface area contributed by atoms with E-state index in [1.807, 2.05) is 6.20 Å². The van der Waals surface area contributed by atoms with Crippen LogP contribution in [-0.2, 0) is 11.3 Å². The topological polar surface area (TPSA) is 60.5 Å². The minimum absolute atomic E-state index is 0.180. The van der Waals surface area contributed by atoms with Gasteiger partial charge in [-0.2, -0.15) is 0 Å². The first-order chi connectivity index (χ1) is 12.7. The molecule has 26 heavy (non-hydrogen) atoms. The Morgan fingerprint density at radius 2 is 1.92 bits per heavy atom. The zero-order chi connectivity index (χ0) is 17.9. The van der Waals surface area contributed by atoms with Crippen LogP contribution in [0.25, 0.3) is 0 Å². The molecule has 4 rings (SSSR count). The van der Waals surface area contributed by atoms with Gasteiger partial charge in [0.05, 0.1) is 0 Å². The Morgan fingerprint density at radius 3 is 2.58 bits per heavy atom. The van der Waals surface area contributed by atoms with Gasteiger partial charge in [0.2, 0.25) is 5.91 Å². The number of nitrogens with zero attached hydrogens (tertiary/aromatic N) is 3. The van der Waals surface area contributed by atoms with Crippen molar-refractivity contribution in [3.63, 3.8) is 0 Å². The van der Waals surface area contributed by atoms with E-state index in [-0.39, 0.29) is 5.91 Å². The standard InChI is InChI=1S/C20H31N5O/c1-24-6-8-25(9-7-24)19-5-2-15(13-21-19)14-22-20(26)12-16-10-17-3-4-18(11-16)23-17/h2,5,13,16-18,23H,3-4,6-12,14H2,1H3,(H,22,26). The molecule has 1 aromatic heterocycles. The van der Waals surface area contributed by atoms with E-state index in [0.29, 0.717) is 31.0 Å². The highest BCUT2D eigenvalue weighted by atomic mass is 16.1. The van der Waals surface area contributed by atoms with E-state index in [1.54, 1.807) is 0 Å². The fourth-order valence-corrected chi connectivity index (χ4v) is 4.62. The maximum atomic E-state index is 12.3. The summed E-state index contributed by atoms with van der Waals surface area (Å²) in [5.74, 6) is 1.77. The third kappa shape index (κ3) is 4.35. The first kappa shape index (κ1) is 17.7. The molecule has 3 saturated heterocycles. The molecule has 0 aliphatic carbocycles. The molecule has 142 valence electrons. The number of piperidine rings is 1. The minimum Gasteiger partial charge on any atom is -0.354 e. The Bertz CT molecular complexity index is 599. The van der Waals surface area contributed by atoms with Crippen LogP contribution in [0.5, 0.6) is 0 Å². The van der Waals surface area contributed by atoms with Gasteiger partial charge in [-0.1, -0.05) is 6.07 Å². The minimum atomic E-state index is 0.180. The number of anilines is 1. The van der Waals surface area contributed by atoms with Gasteiger partial charge in [-0.15, -0.1) is 0 Å². The van der Waals surface area contributed by atoms with Crippen molar-refractivity contribution in [2.45, 2.75) is 50.7 Å². The van der Waals surface area contributed by atoms with Gasteiger partial charge in [0, 0.05) is 57.4 Å². The molecule has 2 atom stereocenters. The Morgan fingerprint density at radius 1 is 1.19 bits per heavy atom. The maximum Gasteiger partial charge on any atom is 0.220 e. The molecule has 3 fully saturated rings. The van der Waals surface area contributed by atoms with E-state index in [1.165, 1.54) is 12.8 Å². The summed E-state index contributed by atoms with van der Waals surface area (Å²) in [7, 11) is 2.16. The van der Waals surface area contributed by atoms with Crippen LogP contribution in [0.1, 0.15) is 37.7 Å². The van der Waals surface area contributed by atoms with E-state index < -0.39 is 0 Å². The van der Waals surface area contributed by atoms with Crippen molar-refractivity contribution >= 4 is 11.7 Å². The SMILES string of the molecule is CN1CCN(c2ccc(CNC(=O)CC3CC4CCC(C3)N4)cn2)CC1. The summed E-state index contributed by atoms with van der Waals surface area (Å²) in [5.41, 5.74) is 1.07. The van der Waals surface area contributed by atoms with Crippen LogP contribution >= 0.6 is 0 Å². The van der Waals surface area contributed by atoms with Gasteiger partial charge >= 0.3 is 0 Å². The van der Waals surface area contributed by atoms with Crippen molar-refractivity contribution in [3.05, 3.63) is 23.9 Å². The molecule has 3 aliphatic rings. The quantitative estimate of drug-likeness (QED) is 0.834. The summed E-state index contributed by atoms with van der Waals surface area (Å²) in [5, 5.41) is 6.72. The number of hydrogen-bond donors (Lipinski definition) is 2. The summed E-state index contributed by atoms with van der Waals surface area (Å²) < 4.78 is 0. The number of likely N-dealkylation sites (N-methyl/N-ethyl adjacent to an activating group) is 1. The van der Waals surface area contributed by atoms with Crippen molar-refractivity contribution in [3.8, 4) is 0 Å². The number of pyridine rings is 1.